The quantitative estimate of drug-likeness (QED) is 0.627. The van der Waals surface area contributed by atoms with E-state index in [2.05, 4.69) is 34.2 Å². The van der Waals surface area contributed by atoms with E-state index in [-0.39, 0.29) is 0 Å². The summed E-state index contributed by atoms with van der Waals surface area (Å²) in [6.07, 6.45) is 14.1. The summed E-state index contributed by atoms with van der Waals surface area (Å²) in [6.45, 7) is 6.99. The van der Waals surface area contributed by atoms with Crippen molar-refractivity contribution in [1.29, 1.82) is 0 Å². The van der Waals surface area contributed by atoms with E-state index in [1.165, 1.54) is 25.7 Å². The maximum atomic E-state index is 11.7. The van der Waals surface area contributed by atoms with Crippen LogP contribution in [0.15, 0.2) is 31.1 Å². The number of hydrogen-bond donors (Lipinski definition) is 1. The van der Waals surface area contributed by atoms with Crippen LogP contribution in [0.5, 0.6) is 5.75 Å². The lowest BCUT2D eigenvalue weighted by atomic mass is 9.90. The molecule has 2 aromatic rings. The summed E-state index contributed by atoms with van der Waals surface area (Å²) in [5.41, 5.74) is 1.99. The standard InChI is InChI=1S/C23H32N4O3S/c1-4-15(2)27-18-7-8-19(27)10-16(9-18)14-30-22-11-20-12-24-23(25-31(3,28)29)26(20)13-21(22)17-5-6-17/h4,11-13,15-19H,1,5-10,14H2,2-3H3,(H,24,25)/t15?,16?,18-,19?/m0/s1. The second kappa shape index (κ2) is 7.81. The molecule has 0 amide bonds. The van der Waals surface area contributed by atoms with Gasteiger partial charge in [-0.25, -0.2) is 13.4 Å². The minimum atomic E-state index is -3.38. The van der Waals surface area contributed by atoms with E-state index >= 15 is 0 Å². The Morgan fingerprint density at radius 3 is 2.61 bits per heavy atom. The maximum Gasteiger partial charge on any atom is 0.232 e. The third-order valence-electron chi connectivity index (χ3n) is 7.12. The summed E-state index contributed by atoms with van der Waals surface area (Å²) < 4.78 is 34.1. The number of pyridine rings is 1. The van der Waals surface area contributed by atoms with Gasteiger partial charge in [-0.15, -0.1) is 6.58 Å². The summed E-state index contributed by atoms with van der Waals surface area (Å²) in [5.74, 6) is 2.31. The zero-order chi connectivity index (χ0) is 21.8. The highest BCUT2D eigenvalue weighted by Crippen LogP contribution is 2.45. The minimum Gasteiger partial charge on any atom is -0.493 e. The number of fused-ring (bicyclic) bond motifs is 3. The third kappa shape index (κ3) is 4.20. The van der Waals surface area contributed by atoms with Crippen LogP contribution in [-0.2, 0) is 10.0 Å². The van der Waals surface area contributed by atoms with Gasteiger partial charge in [-0.1, -0.05) is 6.08 Å². The third-order valence-corrected chi connectivity index (χ3v) is 7.68. The summed E-state index contributed by atoms with van der Waals surface area (Å²) >= 11 is 0. The highest BCUT2D eigenvalue weighted by molar-refractivity contribution is 7.92. The van der Waals surface area contributed by atoms with Crippen LogP contribution >= 0.6 is 0 Å². The van der Waals surface area contributed by atoms with Crippen molar-refractivity contribution < 1.29 is 13.2 Å². The van der Waals surface area contributed by atoms with Gasteiger partial charge in [0, 0.05) is 36.0 Å². The Hall–Kier alpha value is -2.06. The first kappa shape index (κ1) is 20.8. The van der Waals surface area contributed by atoms with Crippen molar-refractivity contribution in [3.8, 4) is 5.75 Å². The van der Waals surface area contributed by atoms with Gasteiger partial charge in [-0.05, 0) is 57.3 Å². The highest BCUT2D eigenvalue weighted by Gasteiger charge is 2.42. The largest absolute Gasteiger partial charge is 0.493 e. The lowest BCUT2D eigenvalue weighted by Crippen LogP contribution is -2.47. The fourth-order valence-corrected chi connectivity index (χ4v) is 6.04. The number of piperidine rings is 1. The average molecular weight is 445 g/mol. The zero-order valence-electron chi connectivity index (χ0n) is 18.3. The number of sulfonamides is 1. The van der Waals surface area contributed by atoms with Gasteiger partial charge in [0.25, 0.3) is 0 Å². The van der Waals surface area contributed by atoms with E-state index in [9.17, 15) is 8.42 Å². The maximum absolute atomic E-state index is 11.7. The lowest BCUT2D eigenvalue weighted by Gasteiger charge is -2.41. The predicted octanol–water partition coefficient (Wildman–Crippen LogP) is 3.78. The van der Waals surface area contributed by atoms with E-state index in [0.29, 0.717) is 35.9 Å². The van der Waals surface area contributed by atoms with E-state index < -0.39 is 10.0 Å². The zero-order valence-corrected chi connectivity index (χ0v) is 19.1. The van der Waals surface area contributed by atoms with E-state index in [1.807, 2.05) is 16.7 Å². The van der Waals surface area contributed by atoms with Crippen molar-refractivity contribution in [3.05, 3.63) is 36.7 Å². The normalized spacial score (nSPS) is 27.4. The van der Waals surface area contributed by atoms with Crippen LogP contribution in [0.1, 0.15) is 56.9 Å². The Labute approximate surface area is 184 Å². The molecule has 2 aromatic heterocycles. The molecule has 1 saturated carbocycles. The number of aromatic nitrogens is 2. The molecule has 0 radical (unpaired) electrons. The lowest BCUT2D eigenvalue weighted by molar-refractivity contribution is 0.0642. The van der Waals surface area contributed by atoms with Gasteiger partial charge in [-0.3, -0.25) is 14.0 Å². The first-order valence-electron chi connectivity index (χ1n) is 11.3. The first-order valence-corrected chi connectivity index (χ1v) is 13.2. The molecule has 2 bridgehead atoms. The average Bonchev–Trinajstić information content (AvgIpc) is 3.45. The molecular formula is C23H32N4O3S. The number of nitrogens with zero attached hydrogens (tertiary/aromatic N) is 3. The topological polar surface area (TPSA) is 75.9 Å². The van der Waals surface area contributed by atoms with Crippen LogP contribution in [0.3, 0.4) is 0 Å². The molecule has 2 saturated heterocycles. The van der Waals surface area contributed by atoms with Crippen LogP contribution in [0.4, 0.5) is 5.95 Å². The summed E-state index contributed by atoms with van der Waals surface area (Å²) in [5, 5.41) is 0. The van der Waals surface area contributed by atoms with Crippen LogP contribution in [0, 0.1) is 5.92 Å². The molecule has 5 rings (SSSR count). The molecule has 0 aromatic carbocycles. The first-order chi connectivity index (χ1) is 14.8. The molecule has 1 N–H and O–H groups in total. The number of nitrogens with one attached hydrogen (secondary N) is 1. The number of ether oxygens (including phenoxy) is 1. The molecule has 3 fully saturated rings. The number of hydrogen-bond acceptors (Lipinski definition) is 5. The smallest absolute Gasteiger partial charge is 0.232 e. The Morgan fingerprint density at radius 2 is 2.00 bits per heavy atom. The van der Waals surface area contributed by atoms with Gasteiger partial charge < -0.3 is 4.74 Å². The molecule has 1 aliphatic carbocycles. The molecule has 168 valence electrons. The molecule has 8 heteroatoms. The van der Waals surface area contributed by atoms with Crippen molar-refractivity contribution >= 4 is 21.5 Å². The second-order valence-electron chi connectivity index (χ2n) is 9.58. The van der Waals surface area contributed by atoms with Crippen molar-refractivity contribution in [2.75, 3.05) is 17.6 Å². The number of imidazole rings is 1. The molecule has 3 unspecified atom stereocenters. The Balaban J connectivity index is 1.33. The predicted molar refractivity (Wildman–Crippen MR) is 122 cm³/mol. The SMILES string of the molecule is C=CC(C)N1C2CC[C@H]1CC(COc1cc3cnc(NS(C)(=O)=O)n3cc1C1CC1)C2. The van der Waals surface area contributed by atoms with E-state index in [4.69, 9.17) is 4.74 Å². The van der Waals surface area contributed by atoms with Gasteiger partial charge in [0.1, 0.15) is 5.75 Å². The Kier molecular flexibility index (Phi) is 5.25. The van der Waals surface area contributed by atoms with Crippen LogP contribution in [-0.4, -0.2) is 53.7 Å². The minimum absolute atomic E-state index is 0.325. The van der Waals surface area contributed by atoms with Crippen molar-refractivity contribution in [3.63, 3.8) is 0 Å². The van der Waals surface area contributed by atoms with Gasteiger partial charge >= 0.3 is 0 Å². The highest BCUT2D eigenvalue weighted by atomic mass is 32.2. The Morgan fingerprint density at radius 1 is 1.29 bits per heavy atom. The molecule has 0 spiro atoms. The summed E-state index contributed by atoms with van der Waals surface area (Å²) in [7, 11) is -3.38. The molecule has 31 heavy (non-hydrogen) atoms. The van der Waals surface area contributed by atoms with Crippen LogP contribution in [0.25, 0.3) is 5.52 Å². The second-order valence-corrected chi connectivity index (χ2v) is 11.3. The van der Waals surface area contributed by atoms with Gasteiger partial charge in [0.05, 0.1) is 24.6 Å². The van der Waals surface area contributed by atoms with E-state index in [1.54, 1.807) is 6.20 Å². The fraction of sp³-hybridized carbons (Fsp3) is 0.609. The van der Waals surface area contributed by atoms with Gasteiger partial charge in [-0.2, -0.15) is 0 Å². The molecule has 3 aliphatic rings. The Bertz CT molecular complexity index is 1080. The van der Waals surface area contributed by atoms with E-state index in [0.717, 1.165) is 42.5 Å². The monoisotopic (exact) mass is 444 g/mol. The van der Waals surface area contributed by atoms with Gasteiger partial charge in [0.2, 0.25) is 16.0 Å². The van der Waals surface area contributed by atoms with Crippen molar-refractivity contribution in [2.24, 2.45) is 5.92 Å². The molecule has 4 heterocycles. The van der Waals surface area contributed by atoms with Crippen molar-refractivity contribution in [2.45, 2.75) is 69.5 Å². The molecular weight excluding hydrogens is 412 g/mol. The molecule has 2 aliphatic heterocycles. The number of anilines is 1. The van der Waals surface area contributed by atoms with Crippen molar-refractivity contribution in [1.82, 2.24) is 14.3 Å². The van der Waals surface area contributed by atoms with Crippen LogP contribution < -0.4 is 9.46 Å². The summed E-state index contributed by atoms with van der Waals surface area (Å²) in [6, 6.07) is 3.74. The molecule has 7 nitrogen and oxygen atoms in total. The summed E-state index contributed by atoms with van der Waals surface area (Å²) in [4.78, 5) is 6.92. The van der Waals surface area contributed by atoms with Crippen LogP contribution in [0.2, 0.25) is 0 Å². The molecule has 4 atom stereocenters. The van der Waals surface area contributed by atoms with Gasteiger partial charge in [0.15, 0.2) is 0 Å². The number of rotatable bonds is 8. The fourth-order valence-electron chi connectivity index (χ4n) is 5.56.